The number of amides is 1. The van der Waals surface area contributed by atoms with Gasteiger partial charge >= 0.3 is 59.1 Å². The van der Waals surface area contributed by atoms with E-state index in [9.17, 15) is 58.4 Å². The molecule has 0 heterocycles. The number of phenols is 3. The van der Waals surface area contributed by atoms with Crippen LogP contribution >= 0.6 is 11.6 Å². The summed E-state index contributed by atoms with van der Waals surface area (Å²) in [4.78, 5) is 32.1. The molecule has 0 saturated carbocycles. The Morgan fingerprint density at radius 1 is 0.717 bits per heavy atom. The van der Waals surface area contributed by atoms with Crippen molar-refractivity contribution in [2.24, 2.45) is 20.5 Å². The number of aliphatic hydroxyl groups is 1. The number of nitro groups is 2. The number of rotatable bonds is 9. The third-order valence-electron chi connectivity index (χ3n) is 7.76. The van der Waals surface area contributed by atoms with Crippen molar-refractivity contribution in [1.82, 2.24) is 0 Å². The van der Waals surface area contributed by atoms with Crippen molar-refractivity contribution in [2.75, 3.05) is 5.32 Å². The number of nitrogens with one attached hydrogen (secondary N) is 1. The largest absolute Gasteiger partial charge is 1.00 e. The minimum atomic E-state index is -4.81. The summed E-state index contributed by atoms with van der Waals surface area (Å²) in [7, 11) is -4.81. The number of azo groups is 2. The average Bonchev–Trinajstić information content (AvgIpc) is 3.16. The normalized spacial score (nSPS) is 11.4. The van der Waals surface area contributed by atoms with Crippen molar-refractivity contribution in [1.29, 1.82) is 0 Å². The van der Waals surface area contributed by atoms with Crippen molar-refractivity contribution >= 4 is 83.3 Å². The second kappa shape index (κ2) is 22.0. The molecule has 0 saturated heterocycles. The van der Waals surface area contributed by atoms with Crippen LogP contribution in [0.5, 0.6) is 17.2 Å². The van der Waals surface area contributed by atoms with Gasteiger partial charge in [0, 0.05) is 63.9 Å². The molecular formula is C36H26ClCrN7Na2O12S+2. The number of carbonyl (C=O) groups excluding carboxylic acids is 1. The van der Waals surface area contributed by atoms with Crippen LogP contribution in [-0.2, 0) is 32.3 Å². The van der Waals surface area contributed by atoms with Crippen LogP contribution in [0.2, 0.25) is 5.02 Å². The molecule has 296 valence electrons. The number of hydrogen-bond donors (Lipinski definition) is 6. The van der Waals surface area contributed by atoms with Gasteiger partial charge in [0.1, 0.15) is 45.0 Å². The molecule has 0 aliphatic heterocycles. The maximum absolute atomic E-state index is 12.3. The van der Waals surface area contributed by atoms with Gasteiger partial charge in [-0.3, -0.25) is 29.6 Å². The Morgan fingerprint density at radius 3 is 1.90 bits per heavy atom. The van der Waals surface area contributed by atoms with Crippen molar-refractivity contribution in [3.63, 3.8) is 0 Å². The van der Waals surface area contributed by atoms with Gasteiger partial charge in [0.05, 0.1) is 20.6 Å². The van der Waals surface area contributed by atoms with E-state index in [2.05, 4.69) is 25.8 Å². The molecule has 0 aliphatic carbocycles. The maximum Gasteiger partial charge on any atom is 1.00 e. The molecule has 0 atom stereocenters. The summed E-state index contributed by atoms with van der Waals surface area (Å²) in [5.74, 6) is -2.41. The Balaban J connectivity index is 0.000000400. The molecule has 6 rings (SSSR count). The van der Waals surface area contributed by atoms with Gasteiger partial charge < -0.3 is 25.7 Å². The van der Waals surface area contributed by atoms with Crippen molar-refractivity contribution in [3.8, 4) is 17.2 Å². The van der Waals surface area contributed by atoms with E-state index in [-0.39, 0.29) is 127 Å². The topological polar surface area (TPSA) is 300 Å². The molecule has 0 spiro atoms. The Morgan fingerprint density at radius 2 is 1.28 bits per heavy atom. The first-order valence-corrected chi connectivity index (χ1v) is 17.7. The molecule has 19 nitrogen and oxygen atoms in total. The summed E-state index contributed by atoms with van der Waals surface area (Å²) in [6.07, 6.45) is 0. The molecule has 0 radical (unpaired) electrons. The first-order valence-electron chi connectivity index (χ1n) is 15.8. The number of phenolic OH excluding ortho intramolecular Hbond substituents is 3. The first-order chi connectivity index (χ1) is 27.0. The van der Waals surface area contributed by atoms with Crippen LogP contribution in [0.25, 0.3) is 21.5 Å². The number of fused-ring (bicyclic) bond motifs is 2. The third-order valence-corrected chi connectivity index (χ3v) is 8.98. The number of benzene rings is 6. The molecule has 1 amide bonds. The molecule has 0 fully saturated rings. The van der Waals surface area contributed by atoms with Crippen molar-refractivity contribution < 1.29 is 125 Å². The zero-order valence-electron chi connectivity index (χ0n) is 31.3. The summed E-state index contributed by atoms with van der Waals surface area (Å²) in [5.41, 5.74) is -1.19. The molecule has 0 bridgehead atoms. The Hall–Kier alpha value is -5.02. The number of aliphatic hydroxyl groups excluding tert-OH is 1. The van der Waals surface area contributed by atoms with E-state index in [0.29, 0.717) is 11.1 Å². The molecule has 0 aliphatic rings. The van der Waals surface area contributed by atoms with Crippen molar-refractivity contribution in [3.05, 3.63) is 140 Å². The maximum atomic E-state index is 12.3. The summed E-state index contributed by atoms with van der Waals surface area (Å²) in [6, 6.07) is 23.8. The van der Waals surface area contributed by atoms with Crippen LogP contribution in [0.3, 0.4) is 0 Å². The molecule has 6 aromatic rings. The number of halogens is 1. The number of hydrogen-bond acceptors (Lipinski definition) is 15. The first kappa shape index (κ1) is 51.1. The van der Waals surface area contributed by atoms with Gasteiger partial charge in [-0.1, -0.05) is 54.1 Å². The quantitative estimate of drug-likeness (QED) is 0.0231. The van der Waals surface area contributed by atoms with Gasteiger partial charge in [-0.05, 0) is 42.6 Å². The zero-order valence-corrected chi connectivity index (χ0v) is 38.1. The number of aromatic hydroxyl groups is 3. The van der Waals surface area contributed by atoms with Crippen molar-refractivity contribution in [2.45, 2.75) is 11.8 Å². The fraction of sp³-hybridized carbons (Fsp3) is 0.0278. The summed E-state index contributed by atoms with van der Waals surface area (Å²) in [6.45, 7) is 1.22. The minimum absolute atomic E-state index is 0. The van der Waals surface area contributed by atoms with Gasteiger partial charge in [0.2, 0.25) is 0 Å². The van der Waals surface area contributed by atoms with Crippen LogP contribution in [0, 0.1) is 20.2 Å². The van der Waals surface area contributed by atoms with E-state index in [1.807, 2.05) is 0 Å². The summed E-state index contributed by atoms with van der Waals surface area (Å²) in [5, 5.41) is 81.0. The number of non-ortho nitro benzene ring substituents is 2. The van der Waals surface area contributed by atoms with Gasteiger partial charge in [0.15, 0.2) is 5.70 Å². The standard InChI is InChI=1S/C20H13N3O7S.C16H13ClN4O5.Cr.2Na/c24-16-8-5-11-3-1-2-4-13(11)19(16)21-22-20-14-7-6-12(23(26)27)9-15(14)18(10-17(20)25)31(28,29)30;1-9(22)15(16(24)18-12-5-3-2-4-11(12)17)20-19-13-8-10(21(25)26)6-7-14(13)23;;;/h1-10,24-25H,(H,28,29,30);2-8,22-23H,1H3,(H,18,24);;;/q;;;2*+1. The molecular weight excluding hydrogens is 888 g/mol. The number of allylic oxidation sites excluding steroid dienone is 1. The molecule has 24 heteroatoms. The van der Waals surface area contributed by atoms with Crippen LogP contribution in [0.4, 0.5) is 34.1 Å². The molecule has 6 aromatic carbocycles. The van der Waals surface area contributed by atoms with Crippen LogP contribution in [0.15, 0.2) is 140 Å². The molecule has 6 N–H and O–H groups in total. The predicted octanol–water partition coefficient (Wildman–Crippen LogP) is 3.45. The molecule has 60 heavy (non-hydrogen) atoms. The van der Waals surface area contributed by atoms with Gasteiger partial charge in [-0.25, -0.2) is 0 Å². The smallest absolute Gasteiger partial charge is 0.510 e. The minimum Gasteiger partial charge on any atom is -0.510 e. The average molecular weight is 914 g/mol. The van der Waals surface area contributed by atoms with Gasteiger partial charge in [0.25, 0.3) is 27.4 Å². The van der Waals surface area contributed by atoms with Crippen LogP contribution in [0.1, 0.15) is 6.92 Å². The SMILES string of the molecule is CC(O)=C(N=Nc1cc([N+](=O)[O-])ccc1O)C(=O)Nc1ccccc1Cl.O=[N+]([O-])c1ccc2c(N=Nc3c(O)ccc4ccccc34)c(O)cc(S(=O)(=O)O)c2c1.[Cr].[Na+].[Na+]. The van der Waals surface area contributed by atoms with E-state index in [1.165, 1.54) is 19.1 Å². The van der Waals surface area contributed by atoms with Crippen LogP contribution < -0.4 is 64.4 Å². The Labute approximate surface area is 398 Å². The summed E-state index contributed by atoms with van der Waals surface area (Å²) >= 11 is 5.95. The molecule has 0 unspecified atom stereocenters. The monoisotopic (exact) mass is 913 g/mol. The van der Waals surface area contributed by atoms with E-state index in [0.717, 1.165) is 41.8 Å². The van der Waals surface area contributed by atoms with E-state index < -0.39 is 53.7 Å². The van der Waals surface area contributed by atoms with Crippen LogP contribution in [-0.4, -0.2) is 49.2 Å². The molecule has 0 aromatic heterocycles. The summed E-state index contributed by atoms with van der Waals surface area (Å²) < 4.78 is 33.0. The Kier molecular flexibility index (Phi) is 18.8. The predicted molar refractivity (Wildman–Crippen MR) is 207 cm³/mol. The van der Waals surface area contributed by atoms with E-state index in [1.54, 1.807) is 54.6 Å². The van der Waals surface area contributed by atoms with E-state index in [4.69, 9.17) is 11.6 Å². The third kappa shape index (κ3) is 12.3. The van der Waals surface area contributed by atoms with E-state index >= 15 is 0 Å². The second-order valence-corrected chi connectivity index (χ2v) is 13.4. The number of carbonyl (C=O) groups is 1. The Bertz CT molecular complexity index is 2830. The van der Waals surface area contributed by atoms with Gasteiger partial charge in [-0.2, -0.15) is 8.42 Å². The fourth-order valence-electron chi connectivity index (χ4n) is 5.07. The zero-order chi connectivity index (χ0) is 41.6. The van der Waals surface area contributed by atoms with Gasteiger partial charge in [-0.15, -0.1) is 20.5 Å². The number of anilines is 1. The second-order valence-electron chi connectivity index (χ2n) is 11.6. The fourth-order valence-corrected chi connectivity index (χ4v) is 5.96. The number of nitro benzene ring substituents is 2. The number of para-hydroxylation sites is 1. The number of nitrogens with zero attached hydrogens (tertiary/aromatic N) is 6.